The molecule has 0 bridgehead atoms. The van der Waals surface area contributed by atoms with Crippen LogP contribution in [0.3, 0.4) is 0 Å². The Morgan fingerprint density at radius 2 is 1.10 bits per heavy atom. The summed E-state index contributed by atoms with van der Waals surface area (Å²) in [6.45, 7) is 0. The lowest BCUT2D eigenvalue weighted by molar-refractivity contribution is -0.274. The fourth-order valence-electron chi connectivity index (χ4n) is 3.16. The average Bonchev–Trinajstić information content (AvgIpc) is 2.74. The van der Waals surface area contributed by atoms with Crippen molar-refractivity contribution in [2.24, 2.45) is 0 Å². The second-order valence-electron chi connectivity index (χ2n) is 6.68. The standard InChI is InChI=1S/C24H14F5NO/c25-20-2-1-3-21(26)23(20)22-13-10-18(14-30-22)17-6-4-15(5-7-17)16-8-11-19(12-9-16)31-24(27,28)29/h1-14H. The summed E-state index contributed by atoms with van der Waals surface area (Å²) < 4.78 is 68.5. The van der Waals surface area contributed by atoms with Gasteiger partial charge in [0.15, 0.2) is 0 Å². The Morgan fingerprint density at radius 1 is 0.613 bits per heavy atom. The summed E-state index contributed by atoms with van der Waals surface area (Å²) in [5.41, 5.74) is 3.12. The first kappa shape index (κ1) is 20.5. The molecule has 0 saturated heterocycles. The summed E-state index contributed by atoms with van der Waals surface area (Å²) in [5, 5.41) is 0. The molecule has 0 aliphatic heterocycles. The van der Waals surface area contributed by atoms with Gasteiger partial charge in [0.25, 0.3) is 0 Å². The number of nitrogens with zero attached hydrogens (tertiary/aromatic N) is 1. The first-order valence-corrected chi connectivity index (χ1v) is 9.17. The Balaban J connectivity index is 1.53. The van der Waals surface area contributed by atoms with Crippen LogP contribution in [0.25, 0.3) is 33.5 Å². The number of aromatic nitrogens is 1. The van der Waals surface area contributed by atoms with Gasteiger partial charge in [-0.25, -0.2) is 8.78 Å². The van der Waals surface area contributed by atoms with Crippen LogP contribution in [-0.2, 0) is 0 Å². The normalized spacial score (nSPS) is 11.4. The fraction of sp³-hybridized carbons (Fsp3) is 0.0417. The molecule has 31 heavy (non-hydrogen) atoms. The fourth-order valence-corrected chi connectivity index (χ4v) is 3.16. The van der Waals surface area contributed by atoms with Gasteiger partial charge in [-0.2, -0.15) is 0 Å². The highest BCUT2D eigenvalue weighted by Gasteiger charge is 2.30. The van der Waals surface area contributed by atoms with Crippen LogP contribution in [0.1, 0.15) is 0 Å². The summed E-state index contributed by atoms with van der Waals surface area (Å²) in [6.07, 6.45) is -3.20. The van der Waals surface area contributed by atoms with Gasteiger partial charge >= 0.3 is 6.36 Å². The van der Waals surface area contributed by atoms with Gasteiger partial charge in [-0.3, -0.25) is 4.98 Å². The Morgan fingerprint density at radius 3 is 1.58 bits per heavy atom. The predicted octanol–water partition coefficient (Wildman–Crippen LogP) is 7.26. The van der Waals surface area contributed by atoms with E-state index in [-0.39, 0.29) is 17.0 Å². The minimum atomic E-state index is -4.73. The van der Waals surface area contributed by atoms with Crippen LogP contribution >= 0.6 is 0 Å². The summed E-state index contributed by atoms with van der Waals surface area (Å²) >= 11 is 0. The number of rotatable bonds is 4. The van der Waals surface area contributed by atoms with E-state index in [4.69, 9.17) is 0 Å². The summed E-state index contributed by atoms with van der Waals surface area (Å²) in [4.78, 5) is 4.18. The van der Waals surface area contributed by atoms with E-state index in [9.17, 15) is 22.0 Å². The predicted molar refractivity (Wildman–Crippen MR) is 107 cm³/mol. The number of hydrogen-bond acceptors (Lipinski definition) is 2. The molecular weight excluding hydrogens is 413 g/mol. The van der Waals surface area contributed by atoms with E-state index in [0.717, 1.165) is 22.3 Å². The van der Waals surface area contributed by atoms with Crippen LogP contribution in [0, 0.1) is 11.6 Å². The molecule has 0 fully saturated rings. The first-order valence-electron chi connectivity index (χ1n) is 9.17. The van der Waals surface area contributed by atoms with Gasteiger partial charge < -0.3 is 4.74 Å². The lowest BCUT2D eigenvalue weighted by Crippen LogP contribution is -2.16. The molecule has 0 amide bonds. The highest BCUT2D eigenvalue weighted by Crippen LogP contribution is 2.30. The van der Waals surface area contributed by atoms with Crippen molar-refractivity contribution in [3.63, 3.8) is 0 Å². The molecule has 1 heterocycles. The Labute approximate surface area is 174 Å². The van der Waals surface area contributed by atoms with E-state index in [1.807, 2.05) is 24.3 Å². The summed E-state index contributed by atoms with van der Waals surface area (Å²) in [5.74, 6) is -1.65. The zero-order valence-corrected chi connectivity index (χ0v) is 15.8. The number of ether oxygens (including phenoxy) is 1. The van der Waals surface area contributed by atoms with Crippen molar-refractivity contribution in [2.45, 2.75) is 6.36 Å². The average molecular weight is 427 g/mol. The highest BCUT2D eigenvalue weighted by molar-refractivity contribution is 5.71. The summed E-state index contributed by atoms with van der Waals surface area (Å²) in [7, 11) is 0. The van der Waals surface area contributed by atoms with Crippen LogP contribution in [0.15, 0.2) is 85.1 Å². The molecule has 2 nitrogen and oxygen atoms in total. The monoisotopic (exact) mass is 427 g/mol. The maximum absolute atomic E-state index is 13.9. The van der Waals surface area contributed by atoms with Gasteiger partial charge in [0.1, 0.15) is 17.4 Å². The van der Waals surface area contributed by atoms with Crippen molar-refractivity contribution in [2.75, 3.05) is 0 Å². The van der Waals surface area contributed by atoms with Gasteiger partial charge in [0.05, 0.1) is 11.3 Å². The molecule has 156 valence electrons. The van der Waals surface area contributed by atoms with Crippen molar-refractivity contribution >= 4 is 0 Å². The number of alkyl halides is 3. The highest BCUT2D eigenvalue weighted by atomic mass is 19.4. The number of pyridine rings is 1. The van der Waals surface area contributed by atoms with Gasteiger partial charge in [0.2, 0.25) is 0 Å². The molecular formula is C24H14F5NO. The molecule has 3 aromatic carbocycles. The van der Waals surface area contributed by atoms with E-state index >= 15 is 0 Å². The van der Waals surface area contributed by atoms with Gasteiger partial charge in [-0.15, -0.1) is 13.2 Å². The van der Waals surface area contributed by atoms with E-state index in [1.165, 1.54) is 48.7 Å². The minimum absolute atomic E-state index is 0.178. The molecule has 0 unspecified atom stereocenters. The molecule has 4 aromatic rings. The zero-order valence-electron chi connectivity index (χ0n) is 15.8. The van der Waals surface area contributed by atoms with E-state index in [0.29, 0.717) is 0 Å². The third-order valence-electron chi connectivity index (χ3n) is 4.62. The minimum Gasteiger partial charge on any atom is -0.406 e. The van der Waals surface area contributed by atoms with Crippen LogP contribution in [-0.4, -0.2) is 11.3 Å². The van der Waals surface area contributed by atoms with E-state index in [2.05, 4.69) is 9.72 Å². The van der Waals surface area contributed by atoms with E-state index < -0.39 is 18.0 Å². The lowest BCUT2D eigenvalue weighted by atomic mass is 10.0. The van der Waals surface area contributed by atoms with Crippen LogP contribution < -0.4 is 4.74 Å². The first-order chi connectivity index (χ1) is 14.8. The summed E-state index contributed by atoms with van der Waals surface area (Å²) in [6, 6.07) is 19.8. The smallest absolute Gasteiger partial charge is 0.406 e. The van der Waals surface area contributed by atoms with Crippen molar-refractivity contribution in [1.82, 2.24) is 4.98 Å². The van der Waals surface area contributed by atoms with Crippen molar-refractivity contribution < 1.29 is 26.7 Å². The van der Waals surface area contributed by atoms with Crippen molar-refractivity contribution in [3.05, 3.63) is 96.7 Å². The third-order valence-corrected chi connectivity index (χ3v) is 4.62. The Hall–Kier alpha value is -3.74. The number of benzene rings is 3. The molecule has 0 spiro atoms. The molecule has 0 saturated carbocycles. The van der Waals surface area contributed by atoms with Crippen LogP contribution in [0.4, 0.5) is 22.0 Å². The molecule has 0 N–H and O–H groups in total. The maximum atomic E-state index is 13.9. The Bertz CT molecular complexity index is 1160. The number of hydrogen-bond donors (Lipinski definition) is 0. The van der Waals surface area contributed by atoms with Gasteiger partial charge in [0, 0.05) is 11.8 Å². The lowest BCUT2D eigenvalue weighted by Gasteiger charge is -2.10. The molecule has 0 atom stereocenters. The van der Waals surface area contributed by atoms with Crippen LogP contribution in [0.5, 0.6) is 5.75 Å². The number of halogens is 5. The molecule has 7 heteroatoms. The molecule has 4 rings (SSSR count). The second kappa shape index (κ2) is 8.18. The SMILES string of the molecule is Fc1cccc(F)c1-c1ccc(-c2ccc(-c3ccc(OC(F)(F)F)cc3)cc2)cn1. The molecule has 0 aliphatic carbocycles. The zero-order chi connectivity index (χ0) is 22.0. The van der Waals surface area contributed by atoms with Crippen molar-refractivity contribution in [1.29, 1.82) is 0 Å². The largest absolute Gasteiger partial charge is 0.573 e. The molecule has 0 aliphatic rings. The molecule has 1 aromatic heterocycles. The topological polar surface area (TPSA) is 22.1 Å². The Kier molecular flexibility index (Phi) is 5.42. The third kappa shape index (κ3) is 4.71. The van der Waals surface area contributed by atoms with Crippen LogP contribution in [0.2, 0.25) is 0 Å². The maximum Gasteiger partial charge on any atom is 0.573 e. The quantitative estimate of drug-likeness (QED) is 0.320. The second-order valence-corrected chi connectivity index (χ2v) is 6.68. The molecule has 0 radical (unpaired) electrons. The van der Waals surface area contributed by atoms with Gasteiger partial charge in [-0.05, 0) is 47.0 Å². The van der Waals surface area contributed by atoms with Gasteiger partial charge in [-0.1, -0.05) is 48.5 Å². The van der Waals surface area contributed by atoms with E-state index in [1.54, 1.807) is 12.1 Å². The van der Waals surface area contributed by atoms with Crippen molar-refractivity contribution in [3.8, 4) is 39.3 Å².